The van der Waals surface area contributed by atoms with Gasteiger partial charge >= 0.3 is 12.1 Å². The van der Waals surface area contributed by atoms with Gasteiger partial charge in [0.15, 0.2) is 0 Å². The maximum absolute atomic E-state index is 12.6. The molecule has 0 spiro atoms. The standard InChI is InChI=1S/C23H18Br2N2O4/c24-13-9-19(25)22(26-11-13)20(10-21(28)29)27-23(30)31-12-18-16-7-3-1-5-14(16)15-6-2-4-8-17(15)18/h1-9,11,18,20H,10,12H2,(H,27,30)(H,28,29). The molecule has 0 bridgehead atoms. The molecule has 0 saturated heterocycles. The number of pyridine rings is 1. The van der Waals surface area contributed by atoms with Crippen molar-refractivity contribution in [1.82, 2.24) is 10.3 Å². The van der Waals surface area contributed by atoms with E-state index in [1.165, 1.54) is 0 Å². The number of rotatable bonds is 6. The van der Waals surface area contributed by atoms with Crippen LogP contribution < -0.4 is 5.32 Å². The van der Waals surface area contributed by atoms with Crippen molar-refractivity contribution >= 4 is 43.9 Å². The van der Waals surface area contributed by atoms with Crippen LogP contribution in [0.4, 0.5) is 4.79 Å². The molecule has 1 amide bonds. The number of ether oxygens (including phenoxy) is 1. The lowest BCUT2D eigenvalue weighted by Gasteiger charge is -2.19. The molecular weight excluding hydrogens is 528 g/mol. The number of carboxylic acid groups (broad SMARTS) is 1. The molecule has 0 radical (unpaired) electrons. The van der Waals surface area contributed by atoms with Crippen molar-refractivity contribution in [2.45, 2.75) is 18.4 Å². The molecule has 2 aromatic carbocycles. The number of carboxylic acids is 1. The van der Waals surface area contributed by atoms with Crippen LogP contribution in [-0.4, -0.2) is 28.8 Å². The largest absolute Gasteiger partial charge is 0.481 e. The molecule has 1 aliphatic rings. The molecule has 0 fully saturated rings. The highest BCUT2D eigenvalue weighted by atomic mass is 79.9. The van der Waals surface area contributed by atoms with Crippen molar-refractivity contribution in [3.63, 3.8) is 0 Å². The smallest absolute Gasteiger partial charge is 0.407 e. The van der Waals surface area contributed by atoms with E-state index in [1.807, 2.05) is 36.4 Å². The molecule has 1 unspecified atom stereocenters. The second kappa shape index (κ2) is 9.20. The van der Waals surface area contributed by atoms with Gasteiger partial charge in [0.05, 0.1) is 18.2 Å². The summed E-state index contributed by atoms with van der Waals surface area (Å²) in [5.74, 6) is -1.13. The van der Waals surface area contributed by atoms with E-state index in [1.54, 1.807) is 12.3 Å². The van der Waals surface area contributed by atoms with Crippen LogP contribution in [0.2, 0.25) is 0 Å². The Kier molecular flexibility index (Phi) is 6.38. The molecule has 158 valence electrons. The Balaban J connectivity index is 1.50. The van der Waals surface area contributed by atoms with Gasteiger partial charge in [-0.05, 0) is 60.2 Å². The lowest BCUT2D eigenvalue weighted by molar-refractivity contribution is -0.137. The van der Waals surface area contributed by atoms with Gasteiger partial charge in [-0.3, -0.25) is 9.78 Å². The van der Waals surface area contributed by atoms with E-state index in [9.17, 15) is 14.7 Å². The van der Waals surface area contributed by atoms with E-state index in [2.05, 4.69) is 54.3 Å². The quantitative estimate of drug-likeness (QED) is 0.417. The molecule has 0 saturated carbocycles. The first-order valence-corrected chi connectivity index (χ1v) is 11.2. The van der Waals surface area contributed by atoms with Crippen molar-refractivity contribution < 1.29 is 19.4 Å². The van der Waals surface area contributed by atoms with Crippen LogP contribution in [0.1, 0.15) is 35.2 Å². The second-order valence-corrected chi connectivity index (χ2v) is 8.91. The van der Waals surface area contributed by atoms with Crippen LogP contribution in [-0.2, 0) is 9.53 Å². The first-order chi connectivity index (χ1) is 14.9. The summed E-state index contributed by atoms with van der Waals surface area (Å²) < 4.78 is 6.87. The van der Waals surface area contributed by atoms with Gasteiger partial charge in [0.1, 0.15) is 6.61 Å². The average molecular weight is 546 g/mol. The Labute approximate surface area is 195 Å². The highest BCUT2D eigenvalue weighted by molar-refractivity contribution is 9.11. The minimum absolute atomic E-state index is 0.0754. The number of carbonyl (C=O) groups is 2. The van der Waals surface area contributed by atoms with Gasteiger partial charge in [-0.25, -0.2) is 4.79 Å². The summed E-state index contributed by atoms with van der Waals surface area (Å²) in [6.07, 6.45) is 0.538. The Morgan fingerprint density at radius 2 is 1.68 bits per heavy atom. The van der Waals surface area contributed by atoms with Crippen molar-refractivity contribution in [3.8, 4) is 11.1 Å². The van der Waals surface area contributed by atoms with Gasteiger partial charge in [0.25, 0.3) is 0 Å². The van der Waals surface area contributed by atoms with Gasteiger partial charge in [0.2, 0.25) is 0 Å². The second-order valence-electron chi connectivity index (χ2n) is 7.14. The fraction of sp³-hybridized carbons (Fsp3) is 0.174. The Hall–Kier alpha value is -2.71. The van der Waals surface area contributed by atoms with Gasteiger partial charge in [-0.15, -0.1) is 0 Å². The van der Waals surface area contributed by atoms with Crippen molar-refractivity contribution in [1.29, 1.82) is 0 Å². The fourth-order valence-electron chi connectivity index (χ4n) is 3.85. The highest BCUT2D eigenvalue weighted by Crippen LogP contribution is 2.44. The van der Waals surface area contributed by atoms with Gasteiger partial charge in [-0.2, -0.15) is 0 Å². The number of aromatic nitrogens is 1. The van der Waals surface area contributed by atoms with Crippen LogP contribution in [0.25, 0.3) is 11.1 Å². The zero-order valence-corrected chi connectivity index (χ0v) is 19.4. The minimum Gasteiger partial charge on any atom is -0.481 e. The third-order valence-electron chi connectivity index (χ3n) is 5.18. The van der Waals surface area contributed by atoms with E-state index in [0.29, 0.717) is 10.2 Å². The summed E-state index contributed by atoms with van der Waals surface area (Å²) in [5, 5.41) is 11.9. The number of carbonyl (C=O) groups excluding carboxylic acids is 1. The first-order valence-electron chi connectivity index (χ1n) is 9.58. The number of aliphatic carboxylic acids is 1. The molecule has 3 aromatic rings. The monoisotopic (exact) mass is 544 g/mol. The number of hydrogen-bond acceptors (Lipinski definition) is 4. The Morgan fingerprint density at radius 1 is 1.06 bits per heavy atom. The van der Waals surface area contributed by atoms with E-state index < -0.39 is 18.1 Å². The lowest BCUT2D eigenvalue weighted by Crippen LogP contribution is -2.32. The van der Waals surface area contributed by atoms with Crippen LogP contribution in [0.3, 0.4) is 0 Å². The maximum atomic E-state index is 12.6. The maximum Gasteiger partial charge on any atom is 0.407 e. The van der Waals surface area contributed by atoms with Gasteiger partial charge in [-0.1, -0.05) is 48.5 Å². The Morgan fingerprint density at radius 3 is 2.26 bits per heavy atom. The summed E-state index contributed by atoms with van der Waals surface area (Å²) in [6, 6.07) is 17.0. The molecule has 4 rings (SSSR count). The lowest BCUT2D eigenvalue weighted by atomic mass is 9.98. The molecule has 2 N–H and O–H groups in total. The van der Waals surface area contributed by atoms with Crippen LogP contribution in [0, 0.1) is 0 Å². The van der Waals surface area contributed by atoms with Crippen LogP contribution in [0.5, 0.6) is 0 Å². The molecule has 31 heavy (non-hydrogen) atoms. The number of halogens is 2. The predicted octanol–water partition coefficient (Wildman–Crippen LogP) is 5.66. The van der Waals surface area contributed by atoms with Crippen LogP contribution >= 0.6 is 31.9 Å². The number of nitrogens with zero attached hydrogens (tertiary/aromatic N) is 1. The zero-order valence-electron chi connectivity index (χ0n) is 16.2. The predicted molar refractivity (Wildman–Crippen MR) is 123 cm³/mol. The number of benzene rings is 2. The Bertz CT molecular complexity index is 1110. The normalized spacial score (nSPS) is 13.2. The average Bonchev–Trinajstić information content (AvgIpc) is 3.05. The summed E-state index contributed by atoms with van der Waals surface area (Å²) in [5.41, 5.74) is 4.91. The molecule has 1 aromatic heterocycles. The molecule has 1 atom stereocenters. The van der Waals surface area contributed by atoms with Gasteiger partial charge in [0, 0.05) is 21.1 Å². The summed E-state index contributed by atoms with van der Waals surface area (Å²) >= 11 is 6.69. The molecule has 0 aliphatic heterocycles. The first kappa shape index (κ1) is 21.5. The van der Waals surface area contributed by atoms with Gasteiger partial charge < -0.3 is 15.2 Å². The summed E-state index contributed by atoms with van der Waals surface area (Å²) in [6.45, 7) is 0.147. The fourth-order valence-corrected chi connectivity index (χ4v) is 5.12. The zero-order chi connectivity index (χ0) is 22.0. The van der Waals surface area contributed by atoms with E-state index in [0.717, 1.165) is 26.7 Å². The topological polar surface area (TPSA) is 88.5 Å². The summed E-state index contributed by atoms with van der Waals surface area (Å²) in [4.78, 5) is 28.2. The molecular formula is C23H18Br2N2O4. The summed E-state index contributed by atoms with van der Waals surface area (Å²) in [7, 11) is 0. The highest BCUT2D eigenvalue weighted by Gasteiger charge is 2.30. The number of alkyl carbamates (subject to hydrolysis) is 1. The SMILES string of the molecule is O=C(O)CC(NC(=O)OCC1c2ccccc2-c2ccccc21)c1ncc(Br)cc1Br. The third kappa shape index (κ3) is 4.65. The van der Waals surface area contributed by atoms with E-state index >= 15 is 0 Å². The van der Waals surface area contributed by atoms with E-state index in [-0.39, 0.29) is 18.9 Å². The number of fused-ring (bicyclic) bond motifs is 3. The number of nitrogens with one attached hydrogen (secondary N) is 1. The van der Waals surface area contributed by atoms with Crippen molar-refractivity contribution in [2.75, 3.05) is 6.61 Å². The molecule has 1 aliphatic carbocycles. The number of amides is 1. The third-order valence-corrected chi connectivity index (χ3v) is 6.25. The molecule has 8 heteroatoms. The van der Waals surface area contributed by atoms with Crippen LogP contribution in [0.15, 0.2) is 69.7 Å². The number of hydrogen-bond donors (Lipinski definition) is 2. The van der Waals surface area contributed by atoms with E-state index in [4.69, 9.17) is 4.74 Å². The van der Waals surface area contributed by atoms with Crippen molar-refractivity contribution in [3.05, 3.63) is 86.6 Å². The molecule has 6 nitrogen and oxygen atoms in total. The minimum atomic E-state index is -1.06. The van der Waals surface area contributed by atoms with Crippen molar-refractivity contribution in [2.24, 2.45) is 0 Å². The molecule has 1 heterocycles.